The fraction of sp³-hybridized carbons (Fsp3) is 0.455. The van der Waals surface area contributed by atoms with Gasteiger partial charge in [0.2, 0.25) is 8.32 Å². The van der Waals surface area contributed by atoms with E-state index in [0.717, 1.165) is 16.5 Å². The molecule has 4 rings (SSSR count). The Kier molecular flexibility index (Phi) is 9.29. The van der Waals surface area contributed by atoms with Crippen molar-refractivity contribution in [2.45, 2.75) is 83.8 Å². The molecule has 1 aliphatic heterocycles. The van der Waals surface area contributed by atoms with E-state index in [9.17, 15) is 14.0 Å². The zero-order valence-electron chi connectivity index (χ0n) is 26.4. The van der Waals surface area contributed by atoms with E-state index in [1.54, 1.807) is 17.2 Å². The van der Waals surface area contributed by atoms with Gasteiger partial charge in [-0.15, -0.1) is 0 Å². The van der Waals surface area contributed by atoms with Crippen LogP contribution < -0.4 is 5.32 Å². The third-order valence-corrected chi connectivity index (χ3v) is 12.4. The Hall–Kier alpha value is -3.79. The van der Waals surface area contributed by atoms with Crippen LogP contribution in [-0.2, 0) is 20.5 Å². The second-order valence-electron chi connectivity index (χ2n) is 13.6. The van der Waals surface area contributed by atoms with Crippen LogP contribution in [0, 0.1) is 5.82 Å². The van der Waals surface area contributed by atoms with Crippen LogP contribution in [0.4, 0.5) is 14.0 Å². The number of aromatic amines is 1. The minimum Gasteiger partial charge on any atom is -0.545 e. The number of aromatic nitrogens is 1. The van der Waals surface area contributed by atoms with E-state index in [2.05, 4.69) is 44.2 Å². The molecule has 0 radical (unpaired) electrons. The summed E-state index contributed by atoms with van der Waals surface area (Å²) in [4.78, 5) is 31.3. The first kappa shape index (κ1) is 32.1. The smallest absolute Gasteiger partial charge is 0.411 e. The molecule has 1 aliphatic rings. The van der Waals surface area contributed by atoms with Crippen LogP contribution in [0.3, 0.4) is 0 Å². The van der Waals surface area contributed by atoms with Crippen molar-refractivity contribution in [2.24, 2.45) is 0 Å². The van der Waals surface area contributed by atoms with Crippen molar-refractivity contribution in [3.63, 3.8) is 0 Å². The van der Waals surface area contributed by atoms with Gasteiger partial charge in [0.1, 0.15) is 18.0 Å². The van der Waals surface area contributed by atoms with Crippen molar-refractivity contribution in [3.05, 3.63) is 83.5 Å². The molecule has 3 aromatic rings. The number of benzene rings is 2. The number of carbonyl (C=O) groups is 2. The third-order valence-electron chi connectivity index (χ3n) is 8.03. The maximum absolute atomic E-state index is 14.1. The second-order valence-corrected chi connectivity index (χ2v) is 18.3. The van der Waals surface area contributed by atoms with Crippen LogP contribution in [0.1, 0.15) is 58.6 Å². The number of amides is 2. The van der Waals surface area contributed by atoms with Gasteiger partial charge in [0.25, 0.3) is 0 Å². The van der Waals surface area contributed by atoms with Crippen LogP contribution in [0.2, 0.25) is 18.1 Å². The molecular formula is C33H44FN3O5Si. The summed E-state index contributed by atoms with van der Waals surface area (Å²) in [5.74, 6) is -0.0947. The Balaban J connectivity index is 1.69. The molecule has 43 heavy (non-hydrogen) atoms. The number of rotatable bonds is 8. The van der Waals surface area contributed by atoms with E-state index in [4.69, 9.17) is 13.9 Å². The van der Waals surface area contributed by atoms with Gasteiger partial charge in [0, 0.05) is 29.6 Å². The molecule has 8 nitrogen and oxygen atoms in total. The Morgan fingerprint density at radius 1 is 1.09 bits per heavy atom. The summed E-state index contributed by atoms with van der Waals surface area (Å²) in [5.41, 5.74) is 1.60. The number of nitrogens with zero attached hydrogens (tertiary/aromatic N) is 1. The highest BCUT2D eigenvalue weighted by molar-refractivity contribution is 6.74. The highest BCUT2D eigenvalue weighted by Gasteiger charge is 2.44. The predicted molar refractivity (Wildman–Crippen MR) is 169 cm³/mol. The van der Waals surface area contributed by atoms with Gasteiger partial charge in [-0.05, 0) is 74.3 Å². The van der Waals surface area contributed by atoms with Gasteiger partial charge in [-0.2, -0.15) is 0 Å². The molecule has 0 aliphatic carbocycles. The van der Waals surface area contributed by atoms with E-state index in [1.807, 2.05) is 57.2 Å². The van der Waals surface area contributed by atoms with E-state index in [-0.39, 0.29) is 30.6 Å². The first-order valence-electron chi connectivity index (χ1n) is 14.6. The number of halogens is 1. The van der Waals surface area contributed by atoms with Crippen LogP contribution >= 0.6 is 0 Å². The molecule has 0 fully saturated rings. The van der Waals surface area contributed by atoms with Gasteiger partial charge >= 0.3 is 12.2 Å². The van der Waals surface area contributed by atoms with Crippen LogP contribution in [-0.4, -0.2) is 55.1 Å². The number of carbonyl (C=O) groups excluding carboxylic acids is 2. The predicted octanol–water partition coefficient (Wildman–Crippen LogP) is 7.84. The maximum Gasteiger partial charge on any atom is 0.411 e. The molecule has 232 valence electrons. The first-order chi connectivity index (χ1) is 20.0. The zero-order chi connectivity index (χ0) is 31.6. The van der Waals surface area contributed by atoms with Gasteiger partial charge in [-0.25, -0.2) is 14.0 Å². The summed E-state index contributed by atoms with van der Waals surface area (Å²) in [7, 11) is -2.23. The highest BCUT2D eigenvalue weighted by Crippen LogP contribution is 2.41. The Morgan fingerprint density at radius 2 is 1.79 bits per heavy atom. The molecule has 0 saturated carbocycles. The largest absolute Gasteiger partial charge is 0.545 e. The maximum atomic E-state index is 14.1. The van der Waals surface area contributed by atoms with Crippen molar-refractivity contribution in [3.8, 4) is 0 Å². The molecule has 0 unspecified atom stereocenters. The van der Waals surface area contributed by atoms with Gasteiger partial charge in [-0.1, -0.05) is 51.1 Å². The summed E-state index contributed by atoms with van der Waals surface area (Å²) >= 11 is 0. The summed E-state index contributed by atoms with van der Waals surface area (Å²) in [6, 6.07) is 13.4. The number of alkyl carbamates (subject to hydrolysis) is 1. The number of hydrogen-bond acceptors (Lipinski definition) is 5. The number of nitrogens with one attached hydrogen (secondary N) is 2. The van der Waals surface area contributed by atoms with Crippen LogP contribution in [0.25, 0.3) is 10.9 Å². The molecular weight excluding hydrogens is 565 g/mol. The molecule has 2 heterocycles. The quantitative estimate of drug-likeness (QED) is 0.254. The average Bonchev–Trinajstić information content (AvgIpc) is 3.50. The third kappa shape index (κ3) is 7.98. The monoisotopic (exact) mass is 609 g/mol. The topological polar surface area (TPSA) is 92.9 Å². The molecule has 10 heteroatoms. The van der Waals surface area contributed by atoms with Gasteiger partial charge in [0.05, 0.1) is 18.3 Å². The van der Waals surface area contributed by atoms with Gasteiger partial charge < -0.3 is 24.2 Å². The minimum absolute atomic E-state index is 0.0486. The van der Waals surface area contributed by atoms with E-state index < -0.39 is 38.1 Å². The van der Waals surface area contributed by atoms with Crippen molar-refractivity contribution >= 4 is 31.4 Å². The van der Waals surface area contributed by atoms with Gasteiger partial charge in [-0.3, -0.25) is 4.90 Å². The standard InChI is InChI=1S/C33H44FN3O5Si/c1-32(2,3)41-31(39)37-20-24(42-43(7,8)33(4,5)6)17-29(37)27(26-18-35-28-16-23(34)14-15-25(26)28)19-36-30(38)40-21-22-12-10-9-11-13-22/h9-18,27,29,35H,19-21H2,1-8H3,(H,36,38)/t27-,29-/m0/s1. The Labute approximate surface area is 254 Å². The van der Waals surface area contributed by atoms with Crippen LogP contribution in [0.15, 0.2) is 66.6 Å². The minimum atomic E-state index is -2.23. The fourth-order valence-electron chi connectivity index (χ4n) is 4.80. The second kappa shape index (κ2) is 12.4. The average molecular weight is 610 g/mol. The summed E-state index contributed by atoms with van der Waals surface area (Å²) in [6.45, 7) is 16.8. The van der Waals surface area contributed by atoms with E-state index in [1.165, 1.54) is 12.1 Å². The summed E-state index contributed by atoms with van der Waals surface area (Å²) in [6.07, 6.45) is 2.71. The lowest BCUT2D eigenvalue weighted by Crippen LogP contribution is -2.46. The lowest BCUT2D eigenvalue weighted by Gasteiger charge is -2.37. The molecule has 0 bridgehead atoms. The molecule has 1 aromatic heterocycles. The SMILES string of the molecule is CC(C)(C)OC(=O)N1CC(O[Si](C)(C)C(C)(C)C)=C[C@H]1[C@@H](CNC(=O)OCc1ccccc1)c1c[nH]c2cc(F)ccc12. The van der Waals surface area contributed by atoms with Crippen molar-refractivity contribution in [1.29, 1.82) is 0 Å². The molecule has 0 spiro atoms. The highest BCUT2D eigenvalue weighted by atomic mass is 28.4. The fourth-order valence-corrected chi connectivity index (χ4v) is 5.90. The van der Waals surface area contributed by atoms with Crippen molar-refractivity contribution < 1.29 is 27.9 Å². The van der Waals surface area contributed by atoms with Crippen LogP contribution in [0.5, 0.6) is 0 Å². The molecule has 2 aromatic carbocycles. The number of H-pyrrole nitrogens is 1. The summed E-state index contributed by atoms with van der Waals surface area (Å²) < 4.78 is 32.0. The molecule has 2 N–H and O–H groups in total. The van der Waals surface area contributed by atoms with Gasteiger partial charge in [0.15, 0.2) is 0 Å². The first-order valence-corrected chi connectivity index (χ1v) is 17.6. The Morgan fingerprint density at radius 3 is 2.44 bits per heavy atom. The normalized spacial score (nSPS) is 16.5. The number of fused-ring (bicyclic) bond motifs is 1. The van der Waals surface area contributed by atoms with Crippen molar-refractivity contribution in [2.75, 3.05) is 13.1 Å². The molecule has 0 saturated heterocycles. The molecule has 2 amide bonds. The zero-order valence-corrected chi connectivity index (χ0v) is 27.4. The lowest BCUT2D eigenvalue weighted by atomic mass is 9.90. The molecule has 2 atom stereocenters. The summed E-state index contributed by atoms with van der Waals surface area (Å²) in [5, 5.41) is 3.65. The van der Waals surface area contributed by atoms with E-state index in [0.29, 0.717) is 11.3 Å². The van der Waals surface area contributed by atoms with Crippen molar-refractivity contribution in [1.82, 2.24) is 15.2 Å². The van der Waals surface area contributed by atoms with E-state index >= 15 is 0 Å². The Bertz CT molecular complexity index is 1470. The lowest BCUT2D eigenvalue weighted by molar-refractivity contribution is 0.0212. The number of hydrogen-bond donors (Lipinski definition) is 2. The number of ether oxygens (including phenoxy) is 2.